The van der Waals surface area contributed by atoms with Gasteiger partial charge in [-0.25, -0.2) is 4.39 Å². The Morgan fingerprint density at radius 3 is 3.00 bits per heavy atom. The van der Waals surface area contributed by atoms with Crippen LogP contribution in [0.15, 0.2) is 24.3 Å². The second-order valence-corrected chi connectivity index (χ2v) is 5.32. The highest BCUT2D eigenvalue weighted by Crippen LogP contribution is 2.12. The van der Waals surface area contributed by atoms with Gasteiger partial charge in [0.2, 0.25) is 5.91 Å². The molecule has 2 N–H and O–H groups in total. The Morgan fingerprint density at radius 1 is 1.56 bits per heavy atom. The van der Waals surface area contributed by atoms with Gasteiger partial charge in [0.25, 0.3) is 0 Å². The van der Waals surface area contributed by atoms with E-state index in [1.807, 2.05) is 6.92 Å². The smallest absolute Gasteiger partial charge is 0.225 e. The topological polar surface area (TPSA) is 49.3 Å². The van der Waals surface area contributed by atoms with Crippen LogP contribution < -0.4 is 5.32 Å². The highest BCUT2D eigenvalue weighted by atomic mass is 32.2. The fourth-order valence-corrected chi connectivity index (χ4v) is 2.30. The Morgan fingerprint density at radius 2 is 2.33 bits per heavy atom. The summed E-state index contributed by atoms with van der Waals surface area (Å²) in [6.45, 7) is 2.13. The van der Waals surface area contributed by atoms with Crippen LogP contribution in [0.1, 0.15) is 13.3 Å². The van der Waals surface area contributed by atoms with Gasteiger partial charge in [-0.15, -0.1) is 0 Å². The first-order valence-electron chi connectivity index (χ1n) is 5.86. The fourth-order valence-electron chi connectivity index (χ4n) is 1.29. The molecular weight excluding hydrogens is 253 g/mol. The van der Waals surface area contributed by atoms with Gasteiger partial charge >= 0.3 is 0 Å². The van der Waals surface area contributed by atoms with E-state index in [9.17, 15) is 9.18 Å². The Kier molecular flexibility index (Phi) is 6.75. The third-order valence-corrected chi connectivity index (χ3v) is 3.59. The molecule has 0 aliphatic rings. The van der Waals surface area contributed by atoms with E-state index in [2.05, 4.69) is 5.32 Å². The molecule has 0 bridgehead atoms. The molecular formula is C13H18FNO2S. The van der Waals surface area contributed by atoms with Gasteiger partial charge in [0.1, 0.15) is 5.82 Å². The largest absolute Gasteiger partial charge is 0.396 e. The third-order valence-electron chi connectivity index (χ3n) is 2.30. The van der Waals surface area contributed by atoms with E-state index in [-0.39, 0.29) is 24.2 Å². The quantitative estimate of drug-likeness (QED) is 0.749. The van der Waals surface area contributed by atoms with Crippen molar-refractivity contribution in [1.82, 2.24) is 0 Å². The van der Waals surface area contributed by atoms with Gasteiger partial charge in [-0.3, -0.25) is 4.79 Å². The van der Waals surface area contributed by atoms with Crippen LogP contribution in [0.2, 0.25) is 0 Å². The molecule has 1 aromatic carbocycles. The maximum atomic E-state index is 12.9. The number of hydrogen-bond donors (Lipinski definition) is 2. The van der Waals surface area contributed by atoms with Gasteiger partial charge in [0.15, 0.2) is 0 Å². The number of thioether (sulfide) groups is 1. The van der Waals surface area contributed by atoms with E-state index < -0.39 is 0 Å². The van der Waals surface area contributed by atoms with Crippen LogP contribution in [0.4, 0.5) is 10.1 Å². The number of amides is 1. The molecule has 1 atom stereocenters. The van der Waals surface area contributed by atoms with E-state index in [1.54, 1.807) is 23.9 Å². The van der Waals surface area contributed by atoms with Crippen molar-refractivity contribution < 1.29 is 14.3 Å². The summed E-state index contributed by atoms with van der Waals surface area (Å²) in [6, 6.07) is 5.84. The number of carbonyl (C=O) groups excluding carboxylic acids is 1. The summed E-state index contributed by atoms with van der Waals surface area (Å²) in [7, 11) is 0. The molecule has 5 heteroatoms. The second kappa shape index (κ2) is 8.11. The predicted molar refractivity (Wildman–Crippen MR) is 73.2 cm³/mol. The van der Waals surface area contributed by atoms with Crippen LogP contribution in [-0.2, 0) is 4.79 Å². The molecule has 1 aromatic rings. The lowest BCUT2D eigenvalue weighted by atomic mass is 10.2. The van der Waals surface area contributed by atoms with Crippen molar-refractivity contribution in [2.45, 2.75) is 13.3 Å². The zero-order valence-electron chi connectivity index (χ0n) is 10.4. The lowest BCUT2D eigenvalue weighted by molar-refractivity contribution is -0.115. The second-order valence-electron chi connectivity index (χ2n) is 4.17. The van der Waals surface area contributed by atoms with Gasteiger partial charge in [0.05, 0.1) is 0 Å². The molecule has 0 saturated heterocycles. The lowest BCUT2D eigenvalue weighted by Gasteiger charge is -2.07. The zero-order valence-corrected chi connectivity index (χ0v) is 11.2. The molecule has 0 aromatic heterocycles. The van der Waals surface area contributed by atoms with Crippen molar-refractivity contribution in [3.63, 3.8) is 0 Å². The normalized spacial score (nSPS) is 12.2. The number of nitrogens with one attached hydrogen (secondary N) is 1. The van der Waals surface area contributed by atoms with Crippen LogP contribution in [0, 0.1) is 11.7 Å². The van der Waals surface area contributed by atoms with Gasteiger partial charge in [-0.1, -0.05) is 13.0 Å². The molecule has 100 valence electrons. The molecule has 0 spiro atoms. The van der Waals surface area contributed by atoms with Gasteiger partial charge in [-0.2, -0.15) is 11.8 Å². The number of aliphatic hydroxyl groups excluding tert-OH is 1. The summed E-state index contributed by atoms with van der Waals surface area (Å²) in [4.78, 5) is 11.5. The number of rotatable bonds is 7. The summed E-state index contributed by atoms with van der Waals surface area (Å²) >= 11 is 1.63. The lowest BCUT2D eigenvalue weighted by Crippen LogP contribution is -2.13. The number of anilines is 1. The molecule has 1 unspecified atom stereocenters. The number of benzene rings is 1. The van der Waals surface area contributed by atoms with Crippen molar-refractivity contribution in [3.8, 4) is 0 Å². The summed E-state index contributed by atoms with van der Waals surface area (Å²) < 4.78 is 12.9. The van der Waals surface area contributed by atoms with Crippen molar-refractivity contribution in [2.75, 3.05) is 23.4 Å². The predicted octanol–water partition coefficient (Wildman–Crippen LogP) is 2.52. The van der Waals surface area contributed by atoms with E-state index in [0.717, 1.165) is 5.75 Å². The highest BCUT2D eigenvalue weighted by Gasteiger charge is 2.04. The minimum atomic E-state index is -0.362. The molecule has 0 radical (unpaired) electrons. The number of hydrogen-bond acceptors (Lipinski definition) is 3. The van der Waals surface area contributed by atoms with Crippen molar-refractivity contribution >= 4 is 23.4 Å². The van der Waals surface area contributed by atoms with E-state index >= 15 is 0 Å². The highest BCUT2D eigenvalue weighted by molar-refractivity contribution is 7.99. The molecule has 0 aliphatic heterocycles. The van der Waals surface area contributed by atoms with Crippen LogP contribution in [0.5, 0.6) is 0 Å². The first-order valence-corrected chi connectivity index (χ1v) is 7.01. The average Bonchev–Trinajstić information content (AvgIpc) is 2.34. The SMILES string of the molecule is CC(CO)CSCCC(=O)Nc1cccc(F)c1. The minimum absolute atomic E-state index is 0.121. The molecule has 18 heavy (non-hydrogen) atoms. The molecule has 1 amide bonds. The first-order chi connectivity index (χ1) is 8.61. The van der Waals surface area contributed by atoms with Crippen molar-refractivity contribution in [3.05, 3.63) is 30.1 Å². The van der Waals surface area contributed by atoms with Gasteiger partial charge in [0, 0.05) is 24.5 Å². The summed E-state index contributed by atoms with van der Waals surface area (Å²) in [5, 5.41) is 11.5. The average molecular weight is 271 g/mol. The summed E-state index contributed by atoms with van der Waals surface area (Å²) in [5.74, 6) is 1.31. The molecule has 3 nitrogen and oxygen atoms in total. The Balaban J connectivity index is 2.22. The monoisotopic (exact) mass is 271 g/mol. The van der Waals surface area contributed by atoms with Crippen LogP contribution in [-0.4, -0.2) is 29.1 Å². The van der Waals surface area contributed by atoms with Crippen LogP contribution in [0.3, 0.4) is 0 Å². The minimum Gasteiger partial charge on any atom is -0.396 e. The Labute approximate surface area is 111 Å². The Bertz CT molecular complexity index is 387. The van der Waals surface area contributed by atoms with Crippen LogP contribution in [0.25, 0.3) is 0 Å². The number of halogens is 1. The van der Waals surface area contributed by atoms with E-state index in [4.69, 9.17) is 5.11 Å². The molecule has 1 rings (SSSR count). The molecule has 0 heterocycles. The van der Waals surface area contributed by atoms with Gasteiger partial charge < -0.3 is 10.4 Å². The maximum absolute atomic E-state index is 12.9. The summed E-state index contributed by atoms with van der Waals surface area (Å²) in [6.07, 6.45) is 0.388. The standard InChI is InChI=1S/C13H18FNO2S/c1-10(8-16)9-18-6-5-13(17)15-12-4-2-3-11(14)7-12/h2-4,7,10,16H,5-6,8-9H2,1H3,(H,15,17). The number of carbonyl (C=O) groups is 1. The van der Waals surface area contributed by atoms with Gasteiger partial charge in [-0.05, 0) is 29.9 Å². The Hall–Kier alpha value is -1.07. The van der Waals surface area contributed by atoms with E-state index in [0.29, 0.717) is 17.9 Å². The molecule has 0 aliphatic carbocycles. The van der Waals surface area contributed by atoms with Crippen molar-refractivity contribution in [1.29, 1.82) is 0 Å². The molecule has 0 fully saturated rings. The molecule has 0 saturated carbocycles. The zero-order chi connectivity index (χ0) is 13.4. The fraction of sp³-hybridized carbons (Fsp3) is 0.462. The number of aliphatic hydroxyl groups is 1. The third kappa shape index (κ3) is 6.02. The maximum Gasteiger partial charge on any atom is 0.225 e. The van der Waals surface area contributed by atoms with E-state index in [1.165, 1.54) is 12.1 Å². The van der Waals surface area contributed by atoms with Crippen molar-refractivity contribution in [2.24, 2.45) is 5.92 Å². The first kappa shape index (κ1) is 15.0. The summed E-state index contributed by atoms with van der Waals surface area (Å²) in [5.41, 5.74) is 0.480. The van der Waals surface area contributed by atoms with Crippen LogP contribution >= 0.6 is 11.8 Å².